The molecule has 1 fully saturated rings. The number of thioether (sulfide) groups is 1. The van der Waals surface area contributed by atoms with Crippen LogP contribution >= 0.6 is 11.8 Å². The molecule has 0 spiro atoms. The van der Waals surface area contributed by atoms with Crippen LogP contribution in [-0.2, 0) is 0 Å². The number of nitrogens with zero attached hydrogens (tertiary/aromatic N) is 2. The summed E-state index contributed by atoms with van der Waals surface area (Å²) in [5.74, 6) is 5.51. The van der Waals surface area contributed by atoms with Gasteiger partial charge in [0.1, 0.15) is 6.33 Å². The topological polar surface area (TPSA) is 59.1 Å². The van der Waals surface area contributed by atoms with Crippen molar-refractivity contribution in [3.63, 3.8) is 0 Å². The highest BCUT2D eigenvalue weighted by Crippen LogP contribution is 2.30. The van der Waals surface area contributed by atoms with E-state index in [2.05, 4.69) is 27.5 Å². The summed E-state index contributed by atoms with van der Waals surface area (Å²) in [6.45, 7) is 3.96. The summed E-state index contributed by atoms with van der Waals surface area (Å²) >= 11 is 2.03. The summed E-state index contributed by atoms with van der Waals surface area (Å²) in [7, 11) is 1.66. The molecule has 106 valence electrons. The van der Waals surface area contributed by atoms with E-state index in [9.17, 15) is 0 Å². The first-order chi connectivity index (χ1) is 9.35. The molecule has 0 amide bonds. The average Bonchev–Trinajstić information content (AvgIpc) is 2.96. The molecule has 2 rings (SSSR count). The summed E-state index contributed by atoms with van der Waals surface area (Å²) < 4.78 is 5.43. The summed E-state index contributed by atoms with van der Waals surface area (Å²) in [5.41, 5.74) is 0. The molecule has 1 saturated heterocycles. The molecular formula is C13H22N4OS. The predicted molar refractivity (Wildman–Crippen MR) is 81.3 cm³/mol. The number of aromatic nitrogens is 2. The van der Waals surface area contributed by atoms with Crippen LogP contribution in [0.1, 0.15) is 19.8 Å². The Morgan fingerprint density at radius 1 is 1.37 bits per heavy atom. The van der Waals surface area contributed by atoms with Crippen LogP contribution in [-0.4, -0.2) is 41.7 Å². The van der Waals surface area contributed by atoms with Gasteiger partial charge in [0.2, 0.25) is 5.75 Å². The molecule has 1 aliphatic rings. The molecule has 0 radical (unpaired) electrons. The van der Waals surface area contributed by atoms with Crippen molar-refractivity contribution >= 4 is 23.4 Å². The molecule has 0 aromatic carbocycles. The fourth-order valence-electron chi connectivity index (χ4n) is 2.05. The van der Waals surface area contributed by atoms with Gasteiger partial charge in [0.25, 0.3) is 0 Å². The van der Waals surface area contributed by atoms with Gasteiger partial charge in [0.15, 0.2) is 11.6 Å². The summed E-state index contributed by atoms with van der Waals surface area (Å²) in [5, 5.41) is 6.66. The van der Waals surface area contributed by atoms with Crippen molar-refractivity contribution in [3.8, 4) is 5.75 Å². The van der Waals surface area contributed by atoms with Crippen molar-refractivity contribution in [2.24, 2.45) is 5.92 Å². The van der Waals surface area contributed by atoms with Gasteiger partial charge in [-0.05, 0) is 30.3 Å². The normalized spacial score (nSPS) is 18.3. The third-order valence-corrected chi connectivity index (χ3v) is 4.36. The lowest BCUT2D eigenvalue weighted by Gasteiger charge is -2.15. The fraction of sp³-hybridized carbons (Fsp3) is 0.692. The molecule has 1 atom stereocenters. The number of hydrogen-bond donors (Lipinski definition) is 2. The zero-order valence-corrected chi connectivity index (χ0v) is 12.4. The highest BCUT2D eigenvalue weighted by molar-refractivity contribution is 7.99. The lowest BCUT2D eigenvalue weighted by molar-refractivity contribution is 0.414. The summed E-state index contributed by atoms with van der Waals surface area (Å²) in [4.78, 5) is 8.52. The molecule has 2 heterocycles. The average molecular weight is 282 g/mol. The highest BCUT2D eigenvalue weighted by atomic mass is 32.2. The molecule has 1 aromatic rings. The minimum absolute atomic E-state index is 0.710. The second-order valence-corrected chi connectivity index (χ2v) is 5.79. The second-order valence-electron chi connectivity index (χ2n) is 4.64. The lowest BCUT2D eigenvalue weighted by atomic mass is 10.1. The van der Waals surface area contributed by atoms with Gasteiger partial charge in [0.05, 0.1) is 7.11 Å². The molecule has 6 heteroatoms. The second kappa shape index (κ2) is 7.43. The Labute approximate surface area is 118 Å². The van der Waals surface area contributed by atoms with E-state index in [0.29, 0.717) is 5.75 Å². The van der Waals surface area contributed by atoms with E-state index in [1.165, 1.54) is 17.9 Å². The maximum atomic E-state index is 5.43. The molecule has 1 aromatic heterocycles. The van der Waals surface area contributed by atoms with Crippen molar-refractivity contribution in [1.29, 1.82) is 0 Å². The largest absolute Gasteiger partial charge is 0.490 e. The van der Waals surface area contributed by atoms with Gasteiger partial charge >= 0.3 is 0 Å². The first kappa shape index (κ1) is 14.2. The van der Waals surface area contributed by atoms with Gasteiger partial charge in [-0.1, -0.05) is 6.92 Å². The molecular weight excluding hydrogens is 260 g/mol. The van der Waals surface area contributed by atoms with E-state index in [1.54, 1.807) is 13.4 Å². The minimum atomic E-state index is 0.710. The monoisotopic (exact) mass is 282 g/mol. The Balaban J connectivity index is 2.01. The molecule has 2 N–H and O–H groups in total. The van der Waals surface area contributed by atoms with Crippen LogP contribution < -0.4 is 15.4 Å². The predicted octanol–water partition coefficient (Wildman–Crippen LogP) is 2.47. The van der Waals surface area contributed by atoms with Crippen molar-refractivity contribution in [2.75, 3.05) is 42.3 Å². The Kier molecular flexibility index (Phi) is 5.57. The first-order valence-electron chi connectivity index (χ1n) is 6.79. The summed E-state index contributed by atoms with van der Waals surface area (Å²) in [6, 6.07) is 0. The van der Waals surface area contributed by atoms with E-state index in [-0.39, 0.29) is 0 Å². The van der Waals surface area contributed by atoms with Crippen LogP contribution in [0, 0.1) is 5.92 Å². The summed E-state index contributed by atoms with van der Waals surface area (Å²) in [6.07, 6.45) is 3.91. The minimum Gasteiger partial charge on any atom is -0.490 e. The van der Waals surface area contributed by atoms with E-state index in [0.717, 1.165) is 37.1 Å². The van der Waals surface area contributed by atoms with Gasteiger partial charge in [-0.2, -0.15) is 11.8 Å². The lowest BCUT2D eigenvalue weighted by Crippen LogP contribution is -2.16. The molecule has 1 aliphatic heterocycles. The number of rotatable bonds is 7. The molecule has 0 bridgehead atoms. The number of hydrogen-bond acceptors (Lipinski definition) is 6. The van der Waals surface area contributed by atoms with Gasteiger partial charge in [-0.3, -0.25) is 0 Å². The van der Waals surface area contributed by atoms with Gasteiger partial charge in [-0.25, -0.2) is 9.97 Å². The Hall–Kier alpha value is -1.17. The number of ether oxygens (including phenoxy) is 1. The third-order valence-electron chi connectivity index (χ3n) is 3.13. The molecule has 1 unspecified atom stereocenters. The maximum Gasteiger partial charge on any atom is 0.204 e. The quantitative estimate of drug-likeness (QED) is 0.801. The van der Waals surface area contributed by atoms with Crippen molar-refractivity contribution < 1.29 is 4.74 Å². The van der Waals surface area contributed by atoms with Gasteiger partial charge < -0.3 is 15.4 Å². The van der Waals surface area contributed by atoms with Crippen LogP contribution in [0.25, 0.3) is 0 Å². The first-order valence-corrected chi connectivity index (χ1v) is 7.95. The highest BCUT2D eigenvalue weighted by Gasteiger charge is 2.17. The third kappa shape index (κ3) is 3.89. The van der Waals surface area contributed by atoms with E-state index in [4.69, 9.17) is 4.74 Å². The van der Waals surface area contributed by atoms with Gasteiger partial charge in [0, 0.05) is 13.1 Å². The number of anilines is 2. The van der Waals surface area contributed by atoms with Crippen LogP contribution in [0.3, 0.4) is 0 Å². The molecule has 0 aliphatic carbocycles. The van der Waals surface area contributed by atoms with E-state index >= 15 is 0 Å². The van der Waals surface area contributed by atoms with Gasteiger partial charge in [-0.15, -0.1) is 0 Å². The number of nitrogens with one attached hydrogen (secondary N) is 2. The standard InChI is InChI=1S/C13H22N4OS/c1-3-5-14-12-11(18-2)13(17-9-16-12)15-7-10-4-6-19-8-10/h9-10H,3-8H2,1-2H3,(H2,14,15,16,17). The Morgan fingerprint density at radius 2 is 2.16 bits per heavy atom. The zero-order valence-electron chi connectivity index (χ0n) is 11.6. The maximum absolute atomic E-state index is 5.43. The number of methoxy groups -OCH3 is 1. The van der Waals surface area contributed by atoms with Crippen LogP contribution in [0.5, 0.6) is 5.75 Å². The van der Waals surface area contributed by atoms with Crippen molar-refractivity contribution in [2.45, 2.75) is 19.8 Å². The van der Waals surface area contributed by atoms with E-state index < -0.39 is 0 Å². The molecule has 5 nitrogen and oxygen atoms in total. The van der Waals surface area contributed by atoms with E-state index in [1.807, 2.05) is 11.8 Å². The zero-order chi connectivity index (χ0) is 13.5. The van der Waals surface area contributed by atoms with Crippen LogP contribution in [0.2, 0.25) is 0 Å². The van der Waals surface area contributed by atoms with Crippen LogP contribution in [0.4, 0.5) is 11.6 Å². The molecule has 0 saturated carbocycles. The smallest absolute Gasteiger partial charge is 0.204 e. The van der Waals surface area contributed by atoms with Crippen molar-refractivity contribution in [1.82, 2.24) is 9.97 Å². The Morgan fingerprint density at radius 3 is 2.79 bits per heavy atom. The SMILES string of the molecule is CCCNc1ncnc(NCC2CCSC2)c1OC. The molecule has 19 heavy (non-hydrogen) atoms. The van der Waals surface area contributed by atoms with Crippen LogP contribution in [0.15, 0.2) is 6.33 Å². The Bertz CT molecular complexity index is 396. The fourth-order valence-corrected chi connectivity index (χ4v) is 3.33. The van der Waals surface area contributed by atoms with Crippen molar-refractivity contribution in [3.05, 3.63) is 6.33 Å².